The van der Waals surface area contributed by atoms with E-state index in [1.54, 1.807) is 48.5 Å². The van der Waals surface area contributed by atoms with Crippen LogP contribution in [-0.2, 0) is 19.2 Å². The summed E-state index contributed by atoms with van der Waals surface area (Å²) >= 11 is 0. The number of carbonyl (C=O) groups excluding carboxylic acids is 4. The van der Waals surface area contributed by atoms with Crippen LogP contribution < -0.4 is 0 Å². The summed E-state index contributed by atoms with van der Waals surface area (Å²) in [5.41, 5.74) is 1.46. The summed E-state index contributed by atoms with van der Waals surface area (Å²) in [7, 11) is 0. The maximum atomic E-state index is 12.9. The van der Waals surface area contributed by atoms with Crippen molar-refractivity contribution in [2.75, 3.05) is 13.1 Å². The second kappa shape index (κ2) is 9.58. The highest BCUT2D eigenvalue weighted by molar-refractivity contribution is 6.09. The van der Waals surface area contributed by atoms with Gasteiger partial charge in [-0.15, -0.1) is 0 Å². The molecule has 0 fully saturated rings. The van der Waals surface area contributed by atoms with Crippen LogP contribution in [0.2, 0.25) is 0 Å². The predicted octanol–water partition coefficient (Wildman–Crippen LogP) is 3.35. The first-order valence-electron chi connectivity index (χ1n) is 11.3. The normalized spacial score (nSPS) is 20.3. The molecule has 2 unspecified atom stereocenters. The van der Waals surface area contributed by atoms with Gasteiger partial charge >= 0.3 is 0 Å². The van der Waals surface area contributed by atoms with Crippen molar-refractivity contribution in [1.29, 1.82) is 0 Å². The highest BCUT2D eigenvalue weighted by atomic mass is 16.3. The Morgan fingerprint density at radius 2 is 1.03 bits per heavy atom. The van der Waals surface area contributed by atoms with Gasteiger partial charge < -0.3 is 20.0 Å². The van der Waals surface area contributed by atoms with E-state index < -0.39 is 47.0 Å². The molecular formula is C27H26N2O6. The van der Waals surface area contributed by atoms with E-state index in [0.29, 0.717) is 17.5 Å². The van der Waals surface area contributed by atoms with Gasteiger partial charge in [0, 0.05) is 13.1 Å². The lowest BCUT2D eigenvalue weighted by Crippen LogP contribution is -2.36. The van der Waals surface area contributed by atoms with Gasteiger partial charge in [0.15, 0.2) is 23.1 Å². The van der Waals surface area contributed by atoms with Crippen LogP contribution in [0.3, 0.4) is 0 Å². The summed E-state index contributed by atoms with van der Waals surface area (Å²) in [6.07, 6.45) is 0.293. The smallest absolute Gasteiger partial charge is 0.290 e. The van der Waals surface area contributed by atoms with E-state index in [-0.39, 0.29) is 24.2 Å². The van der Waals surface area contributed by atoms with Crippen LogP contribution in [0.25, 0.3) is 0 Å². The number of carbonyl (C=O) groups is 4. The third-order valence-electron chi connectivity index (χ3n) is 6.39. The molecule has 2 aromatic carbocycles. The molecule has 2 amide bonds. The van der Waals surface area contributed by atoms with Crippen LogP contribution in [0.4, 0.5) is 0 Å². The molecular weight excluding hydrogens is 448 g/mol. The third-order valence-corrected chi connectivity index (χ3v) is 6.39. The van der Waals surface area contributed by atoms with Gasteiger partial charge in [0.05, 0.1) is 23.2 Å². The molecule has 0 spiro atoms. The number of hydrogen-bond acceptors (Lipinski definition) is 6. The number of aliphatic hydroxyl groups is 2. The van der Waals surface area contributed by atoms with E-state index in [1.807, 2.05) is 12.1 Å². The fourth-order valence-corrected chi connectivity index (χ4v) is 4.86. The maximum absolute atomic E-state index is 12.9. The molecule has 2 atom stereocenters. The van der Waals surface area contributed by atoms with Crippen LogP contribution >= 0.6 is 0 Å². The van der Waals surface area contributed by atoms with Gasteiger partial charge in [0.2, 0.25) is 0 Å². The molecule has 8 heteroatoms. The van der Waals surface area contributed by atoms with Gasteiger partial charge in [-0.3, -0.25) is 19.2 Å². The fourth-order valence-electron chi connectivity index (χ4n) is 4.86. The van der Waals surface area contributed by atoms with Crippen molar-refractivity contribution in [2.45, 2.75) is 32.4 Å². The third kappa shape index (κ3) is 4.23. The molecule has 0 bridgehead atoms. The number of Topliss-reactive ketones (excluding diaryl/α,β-unsaturated/α-hetero) is 2. The van der Waals surface area contributed by atoms with Gasteiger partial charge in [-0.05, 0) is 31.4 Å². The first-order chi connectivity index (χ1) is 16.7. The summed E-state index contributed by atoms with van der Waals surface area (Å²) < 4.78 is 0. The molecule has 8 nitrogen and oxygen atoms in total. The first kappa shape index (κ1) is 23.9. The topological polar surface area (TPSA) is 115 Å². The van der Waals surface area contributed by atoms with Crippen LogP contribution in [0.1, 0.15) is 43.5 Å². The average molecular weight is 475 g/mol. The van der Waals surface area contributed by atoms with Crippen LogP contribution in [-0.4, -0.2) is 56.5 Å². The number of hydrogen-bond donors (Lipinski definition) is 2. The highest BCUT2D eigenvalue weighted by Crippen LogP contribution is 2.39. The SMILES string of the molecule is CC(=O)C1=C(O)C(=O)N(CCCN2C(=O)C(O)=C(C(C)=O)C2c2ccccc2)C1c1ccccc1. The Bertz CT molecular complexity index is 1150. The zero-order valence-electron chi connectivity index (χ0n) is 19.5. The Morgan fingerprint density at radius 3 is 1.34 bits per heavy atom. The standard InChI is InChI=1S/C27H26N2O6/c1-16(30)20-22(18-10-5-3-6-11-18)28(26(34)24(20)32)14-9-15-29-23(19-12-7-4-8-13-19)21(17(2)31)25(33)27(29)35/h3-8,10-13,22-23,32-33H,9,14-15H2,1-2H3. The Morgan fingerprint density at radius 1 is 0.686 bits per heavy atom. The molecule has 0 aliphatic carbocycles. The average Bonchev–Trinajstić information content (AvgIpc) is 3.25. The number of nitrogens with zero attached hydrogens (tertiary/aromatic N) is 2. The Labute approximate surface area is 202 Å². The zero-order chi connectivity index (χ0) is 25.3. The Hall–Kier alpha value is -4.20. The molecule has 2 aliphatic heterocycles. The van der Waals surface area contributed by atoms with Gasteiger partial charge in [-0.25, -0.2) is 0 Å². The van der Waals surface area contributed by atoms with Crippen molar-refractivity contribution in [1.82, 2.24) is 9.80 Å². The van der Waals surface area contributed by atoms with E-state index in [9.17, 15) is 29.4 Å². The van der Waals surface area contributed by atoms with Gasteiger partial charge in [0.1, 0.15) is 0 Å². The maximum Gasteiger partial charge on any atom is 0.290 e. The van der Waals surface area contributed by atoms with E-state index in [1.165, 1.54) is 23.6 Å². The largest absolute Gasteiger partial charge is 0.503 e. The van der Waals surface area contributed by atoms with Gasteiger partial charge in [-0.1, -0.05) is 60.7 Å². The second-order valence-electron chi connectivity index (χ2n) is 8.61. The molecule has 0 aromatic heterocycles. The minimum Gasteiger partial charge on any atom is -0.503 e. The lowest BCUT2D eigenvalue weighted by Gasteiger charge is -2.30. The minimum atomic E-state index is -0.736. The monoisotopic (exact) mass is 474 g/mol. The molecule has 180 valence electrons. The fraction of sp³-hybridized carbons (Fsp3) is 0.259. The van der Waals surface area contributed by atoms with Crippen molar-refractivity contribution in [2.24, 2.45) is 0 Å². The molecule has 0 radical (unpaired) electrons. The predicted molar refractivity (Wildman–Crippen MR) is 127 cm³/mol. The first-order valence-corrected chi connectivity index (χ1v) is 11.3. The Kier molecular flexibility index (Phi) is 6.55. The number of aliphatic hydroxyl groups excluding tert-OH is 2. The van der Waals surface area contributed by atoms with Crippen molar-refractivity contribution in [3.05, 3.63) is 94.5 Å². The van der Waals surface area contributed by atoms with Crippen molar-refractivity contribution < 1.29 is 29.4 Å². The van der Waals surface area contributed by atoms with Crippen molar-refractivity contribution >= 4 is 23.4 Å². The second-order valence-corrected chi connectivity index (χ2v) is 8.61. The minimum absolute atomic E-state index is 0.0405. The van der Waals surface area contributed by atoms with E-state index in [2.05, 4.69) is 0 Å². The summed E-state index contributed by atoms with van der Waals surface area (Å²) in [4.78, 5) is 53.1. The zero-order valence-corrected chi connectivity index (χ0v) is 19.5. The van der Waals surface area contributed by atoms with E-state index in [4.69, 9.17) is 0 Å². The van der Waals surface area contributed by atoms with Gasteiger partial charge in [-0.2, -0.15) is 0 Å². The molecule has 2 aliphatic rings. The van der Waals surface area contributed by atoms with Crippen molar-refractivity contribution in [3.8, 4) is 0 Å². The number of rotatable bonds is 8. The van der Waals surface area contributed by atoms with E-state index in [0.717, 1.165) is 0 Å². The Balaban J connectivity index is 1.57. The summed E-state index contributed by atoms with van der Waals surface area (Å²) in [5.74, 6) is -3.23. The summed E-state index contributed by atoms with van der Waals surface area (Å²) in [5, 5.41) is 20.9. The molecule has 2 aromatic rings. The molecule has 0 saturated heterocycles. The lowest BCUT2D eigenvalue weighted by atomic mass is 9.96. The number of benzene rings is 2. The number of amides is 2. The molecule has 0 saturated carbocycles. The lowest BCUT2D eigenvalue weighted by molar-refractivity contribution is -0.130. The molecule has 35 heavy (non-hydrogen) atoms. The van der Waals surface area contributed by atoms with Crippen LogP contribution in [0.15, 0.2) is 83.3 Å². The van der Waals surface area contributed by atoms with Gasteiger partial charge in [0.25, 0.3) is 11.8 Å². The molecule has 2 heterocycles. The van der Waals surface area contributed by atoms with E-state index >= 15 is 0 Å². The molecule has 4 rings (SSSR count). The quantitative estimate of drug-likeness (QED) is 0.606. The van der Waals surface area contributed by atoms with Crippen molar-refractivity contribution in [3.63, 3.8) is 0 Å². The molecule has 2 N–H and O–H groups in total. The summed E-state index contributed by atoms with van der Waals surface area (Å²) in [6, 6.07) is 16.4. The van der Waals surface area contributed by atoms with Crippen LogP contribution in [0, 0.1) is 0 Å². The summed E-state index contributed by atoms with van der Waals surface area (Å²) in [6.45, 7) is 2.90. The number of ketones is 2. The van der Waals surface area contributed by atoms with Crippen LogP contribution in [0.5, 0.6) is 0 Å². The highest BCUT2D eigenvalue weighted by Gasteiger charge is 2.44.